The predicted octanol–water partition coefficient (Wildman–Crippen LogP) is 0.606. The molecule has 0 aliphatic carbocycles. The summed E-state index contributed by atoms with van der Waals surface area (Å²) in [6, 6.07) is 0. The largest absolute Gasteiger partial charge is 0.481 e. The van der Waals surface area contributed by atoms with Crippen molar-refractivity contribution < 1.29 is 24.2 Å². The van der Waals surface area contributed by atoms with Crippen molar-refractivity contribution in [3.05, 3.63) is 0 Å². The van der Waals surface area contributed by atoms with Crippen LogP contribution in [0.4, 0.5) is 0 Å². The third-order valence-corrected chi connectivity index (χ3v) is 3.75. The molecule has 0 radical (unpaired) electrons. The molecule has 0 aromatic heterocycles. The van der Waals surface area contributed by atoms with Crippen LogP contribution < -0.4 is 0 Å². The number of carbonyl (C=O) groups is 3. The summed E-state index contributed by atoms with van der Waals surface area (Å²) in [6.45, 7) is 3.11. The zero-order chi connectivity index (χ0) is 14.3. The van der Waals surface area contributed by atoms with Crippen LogP contribution in [0.15, 0.2) is 0 Å². The van der Waals surface area contributed by atoms with Crippen molar-refractivity contribution in [2.75, 3.05) is 31.2 Å². The van der Waals surface area contributed by atoms with E-state index >= 15 is 0 Å². The number of ether oxygens (including phenoxy) is 1. The number of piperidine rings is 1. The number of likely N-dealkylation sites (tertiary alicyclic amines) is 1. The van der Waals surface area contributed by atoms with E-state index in [-0.39, 0.29) is 29.3 Å². The second-order valence-corrected chi connectivity index (χ2v) is 5.30. The molecule has 1 rings (SSSR count). The number of rotatable bonds is 6. The van der Waals surface area contributed by atoms with Gasteiger partial charge in [0.2, 0.25) is 5.91 Å². The molecule has 1 atom stereocenters. The van der Waals surface area contributed by atoms with Gasteiger partial charge in [0.15, 0.2) is 0 Å². The summed E-state index contributed by atoms with van der Waals surface area (Å²) in [5, 5.41) is 8.50. The molecule has 1 amide bonds. The maximum absolute atomic E-state index is 11.9. The van der Waals surface area contributed by atoms with Crippen molar-refractivity contribution in [1.82, 2.24) is 4.90 Å². The molecular formula is C12H19NO5S. The summed E-state index contributed by atoms with van der Waals surface area (Å²) in [5.74, 6) is -1.48. The number of nitrogens with zero attached hydrogens (tertiary/aromatic N) is 1. The number of esters is 1. The lowest BCUT2D eigenvalue weighted by Crippen LogP contribution is -2.43. The van der Waals surface area contributed by atoms with Crippen LogP contribution in [-0.2, 0) is 19.1 Å². The molecule has 1 saturated heterocycles. The van der Waals surface area contributed by atoms with E-state index in [0.717, 1.165) is 24.6 Å². The van der Waals surface area contributed by atoms with E-state index in [1.165, 1.54) is 0 Å². The average Bonchev–Trinajstić information content (AvgIpc) is 2.38. The van der Waals surface area contributed by atoms with E-state index in [9.17, 15) is 14.4 Å². The summed E-state index contributed by atoms with van der Waals surface area (Å²) in [6.07, 6.45) is 1.52. The first-order valence-corrected chi connectivity index (χ1v) is 7.44. The van der Waals surface area contributed by atoms with Crippen molar-refractivity contribution in [3.8, 4) is 0 Å². The molecule has 1 unspecified atom stereocenters. The van der Waals surface area contributed by atoms with Crippen molar-refractivity contribution in [2.24, 2.45) is 5.92 Å². The second kappa shape index (κ2) is 8.04. The van der Waals surface area contributed by atoms with Gasteiger partial charge in [0.1, 0.15) is 0 Å². The highest BCUT2D eigenvalue weighted by Gasteiger charge is 2.29. The Morgan fingerprint density at radius 1 is 1.37 bits per heavy atom. The normalized spacial score (nSPS) is 19.0. The first-order valence-electron chi connectivity index (χ1n) is 6.28. The number of hydrogen-bond donors (Lipinski definition) is 1. The molecule has 1 fully saturated rings. The zero-order valence-corrected chi connectivity index (χ0v) is 11.8. The van der Waals surface area contributed by atoms with Crippen molar-refractivity contribution in [2.45, 2.75) is 19.8 Å². The van der Waals surface area contributed by atoms with Gasteiger partial charge in [-0.25, -0.2) is 0 Å². The Kier molecular flexibility index (Phi) is 6.69. The van der Waals surface area contributed by atoms with E-state index < -0.39 is 5.97 Å². The Hall–Kier alpha value is -1.24. The molecule has 0 aromatic carbocycles. The number of thioether (sulfide) groups is 1. The standard InChI is InChI=1S/C12H19NO5S/c1-2-18-12(17)9-4-3-5-13(6-9)10(14)7-19-8-11(15)16/h9H,2-8H2,1H3,(H,15,16). The summed E-state index contributed by atoms with van der Waals surface area (Å²) in [4.78, 5) is 35.5. The monoisotopic (exact) mass is 289 g/mol. The van der Waals surface area contributed by atoms with Gasteiger partial charge < -0.3 is 14.7 Å². The van der Waals surface area contributed by atoms with Gasteiger partial charge in [0.05, 0.1) is 24.0 Å². The van der Waals surface area contributed by atoms with Gasteiger partial charge in [-0.05, 0) is 19.8 Å². The Bertz CT molecular complexity index is 347. The van der Waals surface area contributed by atoms with Crippen LogP contribution in [0.3, 0.4) is 0 Å². The van der Waals surface area contributed by atoms with Crippen LogP contribution in [-0.4, -0.2) is 59.1 Å². The van der Waals surface area contributed by atoms with Crippen LogP contribution in [0.2, 0.25) is 0 Å². The Morgan fingerprint density at radius 3 is 2.74 bits per heavy atom. The topological polar surface area (TPSA) is 83.9 Å². The van der Waals surface area contributed by atoms with Crippen molar-refractivity contribution in [1.29, 1.82) is 0 Å². The van der Waals surface area contributed by atoms with Gasteiger partial charge in [-0.2, -0.15) is 0 Å². The number of carboxylic acids is 1. The number of carbonyl (C=O) groups excluding carboxylic acids is 2. The molecule has 0 bridgehead atoms. The van der Waals surface area contributed by atoms with E-state index in [0.29, 0.717) is 19.7 Å². The lowest BCUT2D eigenvalue weighted by Gasteiger charge is -2.31. The Morgan fingerprint density at radius 2 is 2.11 bits per heavy atom. The Balaban J connectivity index is 2.38. The lowest BCUT2D eigenvalue weighted by atomic mass is 9.98. The van der Waals surface area contributed by atoms with Gasteiger partial charge >= 0.3 is 11.9 Å². The van der Waals surface area contributed by atoms with Crippen LogP contribution in [0.5, 0.6) is 0 Å². The zero-order valence-electron chi connectivity index (χ0n) is 11.0. The summed E-state index contributed by atoms with van der Waals surface area (Å²) < 4.78 is 4.96. The highest BCUT2D eigenvalue weighted by Crippen LogP contribution is 2.18. The van der Waals surface area contributed by atoms with E-state index in [4.69, 9.17) is 9.84 Å². The molecule has 1 aliphatic rings. The van der Waals surface area contributed by atoms with Crippen LogP contribution >= 0.6 is 11.8 Å². The predicted molar refractivity (Wildman–Crippen MR) is 70.9 cm³/mol. The number of aliphatic carboxylic acids is 1. The minimum atomic E-state index is -0.930. The van der Waals surface area contributed by atoms with Crippen LogP contribution in [0, 0.1) is 5.92 Å². The minimum Gasteiger partial charge on any atom is -0.481 e. The van der Waals surface area contributed by atoms with E-state index in [1.807, 2.05) is 0 Å². The summed E-state index contributed by atoms with van der Waals surface area (Å²) in [7, 11) is 0. The SMILES string of the molecule is CCOC(=O)C1CCCN(C(=O)CSCC(=O)O)C1. The lowest BCUT2D eigenvalue weighted by molar-refractivity contribution is -0.151. The van der Waals surface area contributed by atoms with Gasteiger partial charge in [-0.1, -0.05) is 0 Å². The second-order valence-electron chi connectivity index (χ2n) is 4.32. The molecular weight excluding hydrogens is 270 g/mol. The molecule has 7 heteroatoms. The third kappa shape index (κ3) is 5.50. The molecule has 1 N–H and O–H groups in total. The first kappa shape index (κ1) is 15.8. The van der Waals surface area contributed by atoms with Crippen LogP contribution in [0.1, 0.15) is 19.8 Å². The van der Waals surface area contributed by atoms with Gasteiger partial charge in [-0.3, -0.25) is 14.4 Å². The molecule has 108 valence electrons. The molecule has 0 saturated carbocycles. The molecule has 1 aliphatic heterocycles. The summed E-state index contributed by atoms with van der Waals surface area (Å²) in [5.41, 5.74) is 0. The molecule has 6 nitrogen and oxygen atoms in total. The first-order chi connectivity index (χ1) is 9.04. The summed E-state index contributed by atoms with van der Waals surface area (Å²) >= 11 is 1.08. The van der Waals surface area contributed by atoms with E-state index in [1.54, 1.807) is 11.8 Å². The van der Waals surface area contributed by atoms with Gasteiger partial charge in [0.25, 0.3) is 0 Å². The highest BCUT2D eigenvalue weighted by molar-refractivity contribution is 8.00. The smallest absolute Gasteiger partial charge is 0.313 e. The van der Waals surface area contributed by atoms with Crippen molar-refractivity contribution >= 4 is 29.6 Å². The van der Waals surface area contributed by atoms with Crippen molar-refractivity contribution in [3.63, 3.8) is 0 Å². The number of hydrogen-bond acceptors (Lipinski definition) is 5. The average molecular weight is 289 g/mol. The molecule has 19 heavy (non-hydrogen) atoms. The molecule has 0 spiro atoms. The quantitative estimate of drug-likeness (QED) is 0.721. The molecule has 0 aromatic rings. The minimum absolute atomic E-state index is 0.0825. The fourth-order valence-electron chi connectivity index (χ4n) is 1.97. The maximum atomic E-state index is 11.9. The number of amides is 1. The van der Waals surface area contributed by atoms with Crippen LogP contribution in [0.25, 0.3) is 0 Å². The highest BCUT2D eigenvalue weighted by atomic mass is 32.2. The Labute approximate surface area is 116 Å². The van der Waals surface area contributed by atoms with Gasteiger partial charge in [0, 0.05) is 13.1 Å². The molecule has 1 heterocycles. The fraction of sp³-hybridized carbons (Fsp3) is 0.750. The van der Waals surface area contributed by atoms with E-state index in [2.05, 4.69) is 0 Å². The number of carboxylic acid groups (broad SMARTS) is 1. The van der Waals surface area contributed by atoms with Gasteiger partial charge in [-0.15, -0.1) is 11.8 Å². The maximum Gasteiger partial charge on any atom is 0.313 e. The third-order valence-electron chi connectivity index (χ3n) is 2.85. The fourth-order valence-corrected chi connectivity index (χ4v) is 2.61.